The summed E-state index contributed by atoms with van der Waals surface area (Å²) in [6.45, 7) is 8.25. The maximum absolute atomic E-state index is 11.6. The second kappa shape index (κ2) is 54.6. The molecule has 0 aliphatic rings. The second-order valence-corrected chi connectivity index (χ2v) is 22.2. The van der Waals surface area contributed by atoms with Crippen LogP contribution in [0, 0.1) is 0 Å². The summed E-state index contributed by atoms with van der Waals surface area (Å²) in [5.74, 6) is 0. The zero-order valence-corrected chi connectivity index (χ0v) is 43.8. The molecule has 0 spiro atoms. The number of rotatable bonds is 56. The van der Waals surface area contributed by atoms with E-state index in [1.54, 1.807) is 0 Å². The molecule has 0 radical (unpaired) electrons. The molecule has 0 fully saturated rings. The fourth-order valence-corrected chi connectivity index (χ4v) is 11.1. The molecule has 3 nitrogen and oxygen atoms in total. The van der Waals surface area contributed by atoms with Crippen LogP contribution in [0.1, 0.15) is 348 Å². The highest BCUT2D eigenvalue weighted by molar-refractivity contribution is 7.60. The Labute approximate surface area is 388 Å². The summed E-state index contributed by atoms with van der Waals surface area (Å²) >= 11 is 0. The van der Waals surface area contributed by atoms with Gasteiger partial charge in [0.15, 0.2) is 0 Å². The fourth-order valence-electron chi connectivity index (χ4n) is 9.27. The molecule has 0 saturated heterocycles. The molecule has 4 heteroatoms. The van der Waals surface area contributed by atoms with Crippen LogP contribution >= 0.6 is 7.94 Å². The maximum atomic E-state index is 11.6. The SMILES string of the molecule is CCCCCCCCCCCCCCCCCCCO[P+](O)(CCCCCCCCCCCCCCCCCCC)OCCCCCCCCCCCCCCCCCCC. The summed E-state index contributed by atoms with van der Waals surface area (Å²) in [6, 6.07) is 0. The minimum absolute atomic E-state index is 0.668. The van der Waals surface area contributed by atoms with Crippen LogP contribution < -0.4 is 0 Å². The van der Waals surface area contributed by atoms with Gasteiger partial charge in [-0.2, -0.15) is 13.9 Å². The highest BCUT2D eigenvalue weighted by Gasteiger charge is 2.39. The van der Waals surface area contributed by atoms with Gasteiger partial charge in [-0.1, -0.05) is 323 Å². The Morgan fingerprint density at radius 3 is 0.541 bits per heavy atom. The van der Waals surface area contributed by atoms with Crippen LogP contribution in [0.15, 0.2) is 0 Å². The molecular formula is C57H118O3P+. The third kappa shape index (κ3) is 52.8. The van der Waals surface area contributed by atoms with Crippen molar-refractivity contribution in [3.8, 4) is 0 Å². The molecule has 0 amide bonds. The third-order valence-electron chi connectivity index (χ3n) is 13.6. The van der Waals surface area contributed by atoms with Crippen LogP contribution in [0.3, 0.4) is 0 Å². The summed E-state index contributed by atoms with van der Waals surface area (Å²) in [5.41, 5.74) is 0. The zero-order valence-electron chi connectivity index (χ0n) is 42.9. The lowest BCUT2D eigenvalue weighted by Crippen LogP contribution is -2.09. The first kappa shape index (κ1) is 61.3. The first-order chi connectivity index (χ1) is 30.2. The van der Waals surface area contributed by atoms with Gasteiger partial charge in [-0.3, -0.25) is 0 Å². The van der Waals surface area contributed by atoms with E-state index in [2.05, 4.69) is 20.8 Å². The molecule has 0 aliphatic heterocycles. The van der Waals surface area contributed by atoms with E-state index >= 15 is 0 Å². The Kier molecular flexibility index (Phi) is 54.9. The first-order valence-corrected chi connectivity index (χ1v) is 30.8. The van der Waals surface area contributed by atoms with E-state index in [4.69, 9.17) is 9.05 Å². The monoisotopic (exact) mass is 882 g/mol. The average molecular weight is 883 g/mol. The Morgan fingerprint density at radius 2 is 0.361 bits per heavy atom. The number of hydrogen-bond donors (Lipinski definition) is 1. The van der Waals surface area contributed by atoms with Gasteiger partial charge in [0.05, 0.1) is 13.2 Å². The van der Waals surface area contributed by atoms with Gasteiger partial charge < -0.3 is 0 Å². The molecule has 0 aromatic carbocycles. The summed E-state index contributed by atoms with van der Waals surface area (Å²) in [7, 11) is -2.74. The summed E-state index contributed by atoms with van der Waals surface area (Å²) < 4.78 is 12.5. The Hall–Kier alpha value is 0.310. The van der Waals surface area contributed by atoms with Crippen molar-refractivity contribution >= 4 is 7.94 Å². The van der Waals surface area contributed by atoms with Crippen LogP contribution in [-0.2, 0) is 9.05 Å². The average Bonchev–Trinajstić information content (AvgIpc) is 3.26. The lowest BCUT2D eigenvalue weighted by Gasteiger charge is -2.17. The van der Waals surface area contributed by atoms with Crippen LogP contribution in [0.25, 0.3) is 0 Å². The van der Waals surface area contributed by atoms with Crippen molar-refractivity contribution < 1.29 is 13.9 Å². The van der Waals surface area contributed by atoms with E-state index in [1.165, 1.54) is 308 Å². The fraction of sp³-hybridized carbons (Fsp3) is 1.00. The van der Waals surface area contributed by atoms with Gasteiger partial charge in [0, 0.05) is 0 Å². The third-order valence-corrected chi connectivity index (χ3v) is 15.7. The molecule has 61 heavy (non-hydrogen) atoms. The minimum Gasteiger partial charge on any atom is -0.193 e. The Balaban J connectivity index is 4.08. The normalized spacial score (nSPS) is 12.0. The first-order valence-electron chi connectivity index (χ1n) is 29.1. The Morgan fingerprint density at radius 1 is 0.213 bits per heavy atom. The standard InChI is InChI=1S/C57H118O3P/c1-4-7-10-13-16-19-22-25-28-31-34-37-40-43-46-49-52-55-59-61(58,57-54-51-48-45-42-39-36-33-30-27-24-21-18-15-12-9-6-3)60-56-53-50-47-44-41-38-35-32-29-26-23-20-17-14-11-8-5-2/h58H,4-57H2,1-3H3/q+1. The molecule has 1 N–H and O–H groups in total. The molecule has 0 aromatic rings. The van der Waals surface area contributed by atoms with Gasteiger partial charge >= 0.3 is 7.94 Å². The highest BCUT2D eigenvalue weighted by atomic mass is 31.2. The number of unbranched alkanes of at least 4 members (excludes halogenated alkanes) is 48. The molecule has 0 saturated carbocycles. The van der Waals surface area contributed by atoms with Crippen molar-refractivity contribution in [3.63, 3.8) is 0 Å². The Bertz CT molecular complexity index is 721. The quantitative estimate of drug-likeness (QED) is 0.0489. The summed E-state index contributed by atoms with van der Waals surface area (Å²) in [5, 5.41) is 0. The van der Waals surface area contributed by atoms with Crippen molar-refractivity contribution in [1.82, 2.24) is 0 Å². The van der Waals surface area contributed by atoms with Gasteiger partial charge in [0.2, 0.25) is 0 Å². The topological polar surface area (TPSA) is 38.7 Å². The van der Waals surface area contributed by atoms with Crippen molar-refractivity contribution in [2.24, 2.45) is 0 Å². The molecular weight excluding hydrogens is 764 g/mol. The van der Waals surface area contributed by atoms with Crippen molar-refractivity contribution in [2.75, 3.05) is 19.4 Å². The highest BCUT2D eigenvalue weighted by Crippen LogP contribution is 2.58. The van der Waals surface area contributed by atoms with E-state index in [9.17, 15) is 4.89 Å². The van der Waals surface area contributed by atoms with Gasteiger partial charge in [-0.15, -0.1) is 0 Å². The van der Waals surface area contributed by atoms with Crippen molar-refractivity contribution in [1.29, 1.82) is 0 Å². The maximum Gasteiger partial charge on any atom is 0.408 e. The van der Waals surface area contributed by atoms with Crippen molar-refractivity contribution in [3.05, 3.63) is 0 Å². The van der Waals surface area contributed by atoms with Gasteiger partial charge in [0.1, 0.15) is 6.16 Å². The van der Waals surface area contributed by atoms with Crippen molar-refractivity contribution in [2.45, 2.75) is 348 Å². The van der Waals surface area contributed by atoms with Crippen LogP contribution in [0.2, 0.25) is 0 Å². The molecule has 0 heterocycles. The van der Waals surface area contributed by atoms with E-state index in [0.29, 0.717) is 13.2 Å². The molecule has 0 unspecified atom stereocenters. The van der Waals surface area contributed by atoms with Crippen LogP contribution in [-0.4, -0.2) is 24.3 Å². The number of hydrogen-bond acceptors (Lipinski definition) is 3. The van der Waals surface area contributed by atoms with E-state index in [1.807, 2.05) is 0 Å². The van der Waals surface area contributed by atoms with Gasteiger partial charge in [-0.05, 0) is 25.7 Å². The predicted molar refractivity (Wildman–Crippen MR) is 278 cm³/mol. The van der Waals surface area contributed by atoms with E-state index < -0.39 is 7.94 Å². The van der Waals surface area contributed by atoms with Crippen LogP contribution in [0.5, 0.6) is 0 Å². The van der Waals surface area contributed by atoms with E-state index in [-0.39, 0.29) is 0 Å². The summed E-state index contributed by atoms with van der Waals surface area (Å²) in [6.07, 6.45) is 71.2. The zero-order chi connectivity index (χ0) is 44.1. The van der Waals surface area contributed by atoms with Crippen LogP contribution in [0.4, 0.5) is 0 Å². The molecule has 0 rings (SSSR count). The molecule has 0 aliphatic carbocycles. The largest absolute Gasteiger partial charge is 0.408 e. The van der Waals surface area contributed by atoms with Gasteiger partial charge in [-0.25, -0.2) is 0 Å². The van der Waals surface area contributed by atoms with Gasteiger partial charge in [0.25, 0.3) is 0 Å². The summed E-state index contributed by atoms with van der Waals surface area (Å²) in [4.78, 5) is 11.6. The second-order valence-electron chi connectivity index (χ2n) is 20.0. The lowest BCUT2D eigenvalue weighted by molar-refractivity contribution is 0.169. The lowest BCUT2D eigenvalue weighted by atomic mass is 10.0. The van der Waals surface area contributed by atoms with E-state index in [0.717, 1.165) is 25.4 Å². The predicted octanol–water partition coefficient (Wildman–Crippen LogP) is 21.7. The minimum atomic E-state index is -2.74. The molecule has 368 valence electrons. The molecule has 0 atom stereocenters. The molecule has 0 bridgehead atoms. The smallest absolute Gasteiger partial charge is 0.193 e. The molecule has 0 aromatic heterocycles.